The molecule has 0 radical (unpaired) electrons. The first-order valence-electron chi connectivity index (χ1n) is 6.50. The van der Waals surface area contributed by atoms with Crippen molar-refractivity contribution >= 4 is 10.8 Å². The van der Waals surface area contributed by atoms with E-state index in [9.17, 15) is 0 Å². The first-order valence-corrected chi connectivity index (χ1v) is 6.50. The number of rotatable bonds is 1. The number of hydrogen-bond donors (Lipinski definition) is 0. The number of benzene rings is 1. The number of pyridine rings is 1. The molecule has 0 bridgehead atoms. The maximum atomic E-state index is 4.22. The van der Waals surface area contributed by atoms with Gasteiger partial charge in [-0.2, -0.15) is 0 Å². The van der Waals surface area contributed by atoms with E-state index >= 15 is 0 Å². The van der Waals surface area contributed by atoms with Crippen molar-refractivity contribution in [3.63, 3.8) is 0 Å². The van der Waals surface area contributed by atoms with Crippen molar-refractivity contribution in [2.45, 2.75) is 39.0 Å². The smallest absolute Gasteiger partial charge is 0.0346 e. The first-order chi connectivity index (χ1) is 8.17. The van der Waals surface area contributed by atoms with E-state index in [0.717, 1.165) is 0 Å². The molecule has 1 saturated carbocycles. The van der Waals surface area contributed by atoms with Crippen molar-refractivity contribution in [2.75, 3.05) is 0 Å². The maximum absolute atomic E-state index is 4.22. The number of nitrogens with zero attached hydrogens (tertiary/aromatic N) is 1. The highest BCUT2D eigenvalue weighted by Gasteiger charge is 2.35. The average Bonchev–Trinajstić information content (AvgIpc) is 2.68. The van der Waals surface area contributed by atoms with E-state index in [2.05, 4.69) is 43.1 Å². The van der Waals surface area contributed by atoms with Crippen LogP contribution in [0.5, 0.6) is 0 Å². The Hall–Kier alpha value is -1.37. The van der Waals surface area contributed by atoms with Crippen LogP contribution in [0.15, 0.2) is 36.7 Å². The summed E-state index contributed by atoms with van der Waals surface area (Å²) in [5, 5.41) is 2.56. The molecule has 1 aromatic heterocycles. The fraction of sp³-hybridized carbons (Fsp3) is 0.438. The van der Waals surface area contributed by atoms with Crippen LogP contribution in [-0.2, 0) is 0 Å². The van der Waals surface area contributed by atoms with Gasteiger partial charge in [0.25, 0.3) is 0 Å². The van der Waals surface area contributed by atoms with Crippen LogP contribution in [0, 0.1) is 5.41 Å². The van der Waals surface area contributed by atoms with Gasteiger partial charge < -0.3 is 0 Å². The van der Waals surface area contributed by atoms with Crippen molar-refractivity contribution in [3.05, 3.63) is 42.2 Å². The molecular weight excluding hydrogens is 206 g/mol. The van der Waals surface area contributed by atoms with Gasteiger partial charge in [-0.1, -0.05) is 32.4 Å². The van der Waals surface area contributed by atoms with E-state index < -0.39 is 0 Å². The number of aromatic nitrogens is 1. The topological polar surface area (TPSA) is 12.9 Å². The fourth-order valence-corrected chi connectivity index (χ4v) is 3.26. The predicted molar refractivity (Wildman–Crippen MR) is 72.1 cm³/mol. The molecule has 1 aliphatic carbocycles. The van der Waals surface area contributed by atoms with Gasteiger partial charge in [0.05, 0.1) is 0 Å². The summed E-state index contributed by atoms with van der Waals surface area (Å²) < 4.78 is 0. The van der Waals surface area contributed by atoms with Crippen LogP contribution in [0.1, 0.15) is 44.6 Å². The molecule has 1 heterocycles. The molecule has 0 aliphatic heterocycles. The van der Waals surface area contributed by atoms with Gasteiger partial charge >= 0.3 is 0 Å². The summed E-state index contributed by atoms with van der Waals surface area (Å²) in [6.45, 7) is 4.80. The van der Waals surface area contributed by atoms with Crippen LogP contribution >= 0.6 is 0 Å². The van der Waals surface area contributed by atoms with E-state index in [1.165, 1.54) is 35.6 Å². The lowest BCUT2D eigenvalue weighted by Crippen LogP contribution is -2.15. The number of hydrogen-bond acceptors (Lipinski definition) is 1. The van der Waals surface area contributed by atoms with E-state index in [1.807, 2.05) is 12.4 Å². The lowest BCUT2D eigenvalue weighted by molar-refractivity contribution is 0.332. The summed E-state index contributed by atoms with van der Waals surface area (Å²) in [6.07, 6.45) is 7.88. The van der Waals surface area contributed by atoms with Crippen molar-refractivity contribution in [1.82, 2.24) is 4.98 Å². The quantitative estimate of drug-likeness (QED) is 0.695. The van der Waals surface area contributed by atoms with Crippen molar-refractivity contribution in [3.8, 4) is 0 Å². The SMILES string of the molecule is CC1(C)CCCC1c1ccc2ccncc2c1. The van der Waals surface area contributed by atoms with Crippen LogP contribution < -0.4 is 0 Å². The molecule has 88 valence electrons. The van der Waals surface area contributed by atoms with E-state index in [1.54, 1.807) is 0 Å². The molecule has 1 aromatic carbocycles. The van der Waals surface area contributed by atoms with Gasteiger partial charge in [0.1, 0.15) is 0 Å². The van der Waals surface area contributed by atoms with Gasteiger partial charge in [-0.05, 0) is 47.3 Å². The lowest BCUT2D eigenvalue weighted by atomic mass is 9.77. The lowest BCUT2D eigenvalue weighted by Gasteiger charge is -2.27. The predicted octanol–water partition coefficient (Wildman–Crippen LogP) is 4.53. The molecule has 1 aliphatic rings. The van der Waals surface area contributed by atoms with Crippen LogP contribution in [-0.4, -0.2) is 4.98 Å². The van der Waals surface area contributed by atoms with Gasteiger partial charge in [0, 0.05) is 17.8 Å². The molecule has 0 saturated heterocycles. The summed E-state index contributed by atoms with van der Waals surface area (Å²) in [5.41, 5.74) is 1.95. The molecule has 0 amide bonds. The van der Waals surface area contributed by atoms with Crippen LogP contribution in [0.4, 0.5) is 0 Å². The Labute approximate surface area is 103 Å². The normalized spacial score (nSPS) is 23.1. The van der Waals surface area contributed by atoms with Gasteiger partial charge in [0.15, 0.2) is 0 Å². The zero-order valence-electron chi connectivity index (χ0n) is 10.6. The minimum atomic E-state index is 0.454. The Morgan fingerprint density at radius 1 is 1.18 bits per heavy atom. The summed E-state index contributed by atoms with van der Waals surface area (Å²) >= 11 is 0. The summed E-state index contributed by atoms with van der Waals surface area (Å²) in [6, 6.07) is 8.96. The first kappa shape index (κ1) is 10.8. The Balaban J connectivity index is 2.06. The van der Waals surface area contributed by atoms with E-state index in [4.69, 9.17) is 0 Å². The van der Waals surface area contributed by atoms with Crippen LogP contribution in [0.2, 0.25) is 0 Å². The second-order valence-electron chi connectivity index (χ2n) is 5.92. The molecule has 0 spiro atoms. The monoisotopic (exact) mass is 225 g/mol. The highest BCUT2D eigenvalue weighted by atomic mass is 14.6. The van der Waals surface area contributed by atoms with E-state index in [-0.39, 0.29) is 0 Å². The Morgan fingerprint density at radius 2 is 2.06 bits per heavy atom. The van der Waals surface area contributed by atoms with Gasteiger partial charge in [-0.3, -0.25) is 4.98 Å². The van der Waals surface area contributed by atoms with Crippen molar-refractivity contribution < 1.29 is 0 Å². The molecule has 1 atom stereocenters. The van der Waals surface area contributed by atoms with Crippen molar-refractivity contribution in [1.29, 1.82) is 0 Å². The molecule has 1 heteroatoms. The minimum Gasteiger partial charge on any atom is -0.264 e. The second kappa shape index (κ2) is 3.83. The molecule has 2 aromatic rings. The third-order valence-corrected chi connectivity index (χ3v) is 4.32. The van der Waals surface area contributed by atoms with Crippen molar-refractivity contribution in [2.24, 2.45) is 5.41 Å². The molecule has 1 nitrogen and oxygen atoms in total. The van der Waals surface area contributed by atoms with Gasteiger partial charge in [-0.25, -0.2) is 0 Å². The van der Waals surface area contributed by atoms with Crippen LogP contribution in [0.3, 0.4) is 0 Å². The molecule has 1 unspecified atom stereocenters. The maximum Gasteiger partial charge on any atom is 0.0346 e. The van der Waals surface area contributed by atoms with Gasteiger partial charge in [0.2, 0.25) is 0 Å². The fourth-order valence-electron chi connectivity index (χ4n) is 3.26. The molecule has 0 N–H and O–H groups in total. The standard InChI is InChI=1S/C16H19N/c1-16(2)8-3-4-15(16)13-6-5-12-7-9-17-11-14(12)10-13/h5-7,9-11,15H,3-4,8H2,1-2H3. The Bertz CT molecular complexity index is 542. The highest BCUT2D eigenvalue weighted by Crippen LogP contribution is 2.48. The Morgan fingerprint density at radius 3 is 2.82 bits per heavy atom. The zero-order valence-corrected chi connectivity index (χ0v) is 10.6. The Kier molecular flexibility index (Phi) is 2.43. The van der Waals surface area contributed by atoms with Crippen LogP contribution in [0.25, 0.3) is 10.8 Å². The van der Waals surface area contributed by atoms with E-state index in [0.29, 0.717) is 11.3 Å². The zero-order chi connectivity index (χ0) is 11.9. The molecular formula is C16H19N. The second-order valence-corrected chi connectivity index (χ2v) is 5.92. The third kappa shape index (κ3) is 1.84. The average molecular weight is 225 g/mol. The minimum absolute atomic E-state index is 0.454. The third-order valence-electron chi connectivity index (χ3n) is 4.32. The highest BCUT2D eigenvalue weighted by molar-refractivity contribution is 5.82. The summed E-state index contributed by atoms with van der Waals surface area (Å²) in [5.74, 6) is 0.715. The largest absolute Gasteiger partial charge is 0.264 e. The summed E-state index contributed by atoms with van der Waals surface area (Å²) in [4.78, 5) is 4.22. The molecule has 1 fully saturated rings. The molecule has 17 heavy (non-hydrogen) atoms. The van der Waals surface area contributed by atoms with Gasteiger partial charge in [-0.15, -0.1) is 0 Å². The molecule has 3 rings (SSSR count). The number of fused-ring (bicyclic) bond motifs is 1. The summed E-state index contributed by atoms with van der Waals surface area (Å²) in [7, 11) is 0.